The lowest BCUT2D eigenvalue weighted by Crippen LogP contribution is -2.43. The molecule has 3 heterocycles. The number of likely N-dealkylation sites (N-methyl/N-ethyl adjacent to an activating group) is 2. The second-order valence-electron chi connectivity index (χ2n) is 14.9. The van der Waals surface area contributed by atoms with Gasteiger partial charge in [-0.2, -0.15) is 4.98 Å². The van der Waals surface area contributed by atoms with E-state index < -0.39 is 11.4 Å². The van der Waals surface area contributed by atoms with Gasteiger partial charge in [-0.25, -0.2) is 14.8 Å². The predicted octanol–water partition coefficient (Wildman–Crippen LogP) is 5.46. The van der Waals surface area contributed by atoms with Gasteiger partial charge in [0.15, 0.2) is 5.82 Å². The molecule has 2 atom stereocenters. The average Bonchev–Trinajstić information content (AvgIpc) is 3.12. The monoisotopic (exact) mass is 710 g/mol. The summed E-state index contributed by atoms with van der Waals surface area (Å²) in [7, 11) is 5.95. The van der Waals surface area contributed by atoms with Crippen LogP contribution in [0.3, 0.4) is 0 Å². The van der Waals surface area contributed by atoms with Crippen LogP contribution in [0.5, 0.6) is 5.75 Å². The van der Waals surface area contributed by atoms with E-state index >= 15 is 0 Å². The molecule has 14 heteroatoms. The third-order valence-corrected chi connectivity index (χ3v) is 9.43. The van der Waals surface area contributed by atoms with E-state index in [4.69, 9.17) is 26.0 Å². The van der Waals surface area contributed by atoms with E-state index in [1.807, 2.05) is 76.0 Å². The number of carbonyl (C=O) groups is 1. The van der Waals surface area contributed by atoms with Gasteiger partial charge in [-0.05, 0) is 74.9 Å². The first-order valence-electron chi connectivity index (χ1n) is 18.1. The zero-order valence-corrected chi connectivity index (χ0v) is 31.4. The van der Waals surface area contributed by atoms with Gasteiger partial charge in [-0.15, -0.1) is 0 Å². The van der Waals surface area contributed by atoms with Gasteiger partial charge in [0, 0.05) is 57.6 Å². The molecule has 1 aliphatic heterocycles. The van der Waals surface area contributed by atoms with Crippen molar-refractivity contribution in [3.8, 4) is 5.75 Å². The molecule has 2 aliphatic rings. The highest BCUT2D eigenvalue weighted by atomic mass is 16.5. The summed E-state index contributed by atoms with van der Waals surface area (Å²) in [6, 6.07) is 12.4. The van der Waals surface area contributed by atoms with Crippen LogP contribution in [0.4, 0.5) is 16.6 Å². The summed E-state index contributed by atoms with van der Waals surface area (Å²) in [5.41, 5.74) is 2.19. The molecule has 2 unspecified atom stereocenters. The van der Waals surface area contributed by atoms with Gasteiger partial charge in [0.25, 0.3) is 0 Å². The van der Waals surface area contributed by atoms with E-state index in [0.29, 0.717) is 47.9 Å². The smallest absolute Gasteiger partial charge is 0.320 e. The summed E-state index contributed by atoms with van der Waals surface area (Å²) in [5.74, 6) is 2.12. The van der Waals surface area contributed by atoms with Gasteiger partial charge in [0.1, 0.15) is 23.2 Å². The second kappa shape index (κ2) is 16.9. The Morgan fingerprint density at radius 3 is 2.44 bits per heavy atom. The van der Waals surface area contributed by atoms with Crippen LogP contribution in [-0.4, -0.2) is 95.2 Å². The molecule has 5 rings (SSSR count). The highest BCUT2D eigenvalue weighted by Gasteiger charge is 2.30. The molecular formula is C38H54N12O2. The molecule has 2 aromatic heterocycles. The first-order valence-corrected chi connectivity index (χ1v) is 18.1. The molecule has 278 valence electrons. The zero-order valence-electron chi connectivity index (χ0n) is 31.4. The van der Waals surface area contributed by atoms with Crippen molar-refractivity contribution in [2.45, 2.75) is 71.4 Å². The molecule has 1 saturated heterocycles. The Morgan fingerprint density at radius 2 is 1.73 bits per heavy atom. The summed E-state index contributed by atoms with van der Waals surface area (Å²) >= 11 is 0. The quantitative estimate of drug-likeness (QED) is 0.137. The fourth-order valence-electron chi connectivity index (χ4n) is 6.21. The molecule has 52 heavy (non-hydrogen) atoms. The molecule has 0 radical (unpaired) electrons. The molecule has 1 fully saturated rings. The molecule has 2 amide bonds. The number of rotatable bonds is 10. The Labute approximate surface area is 306 Å². The van der Waals surface area contributed by atoms with Crippen molar-refractivity contribution in [2.24, 2.45) is 10.4 Å². The van der Waals surface area contributed by atoms with Gasteiger partial charge in [0.2, 0.25) is 11.9 Å². The third kappa shape index (κ3) is 10.0. The number of carbonyl (C=O) groups excluding carboxylic acids is 1. The number of nitrogens with one attached hydrogen (secondary N) is 5. The van der Waals surface area contributed by atoms with Crippen LogP contribution >= 0.6 is 0 Å². The van der Waals surface area contributed by atoms with Gasteiger partial charge in [0.05, 0.1) is 12.2 Å². The number of anilines is 1. The number of hydrogen-bond donors (Lipinski definition) is 5. The number of amides is 2. The van der Waals surface area contributed by atoms with Crippen molar-refractivity contribution >= 4 is 35.3 Å². The molecule has 5 N–H and O–H groups in total. The van der Waals surface area contributed by atoms with Gasteiger partial charge >= 0.3 is 6.03 Å². The highest BCUT2D eigenvalue weighted by molar-refractivity contribution is 6.09. The van der Waals surface area contributed by atoms with Crippen molar-refractivity contribution in [3.63, 3.8) is 0 Å². The normalized spacial score (nSPS) is 17.7. The maximum absolute atomic E-state index is 13.6. The number of fused-ring (bicyclic) bond motifs is 1. The van der Waals surface area contributed by atoms with Gasteiger partial charge in [-0.3, -0.25) is 20.7 Å². The molecule has 1 aliphatic carbocycles. The summed E-state index contributed by atoms with van der Waals surface area (Å²) < 4.78 is 8.10. The molecular weight excluding hydrogens is 656 g/mol. The number of hydrogen-bond acceptors (Lipinski definition) is 10. The van der Waals surface area contributed by atoms with Crippen LogP contribution in [0, 0.1) is 21.6 Å². The number of ether oxygens (including phenoxy) is 1. The lowest BCUT2D eigenvalue weighted by molar-refractivity contribution is 0.171. The Morgan fingerprint density at radius 1 is 1.00 bits per heavy atom. The number of nitrogens with zero attached hydrogens (tertiary/aromatic N) is 7. The Bertz CT molecular complexity index is 1820. The van der Waals surface area contributed by atoms with Gasteiger partial charge in [-0.1, -0.05) is 45.0 Å². The summed E-state index contributed by atoms with van der Waals surface area (Å²) in [4.78, 5) is 33.4. The predicted molar refractivity (Wildman–Crippen MR) is 205 cm³/mol. The van der Waals surface area contributed by atoms with E-state index in [1.54, 1.807) is 35.2 Å². The highest BCUT2D eigenvalue weighted by Crippen LogP contribution is 2.38. The lowest BCUT2D eigenvalue weighted by atomic mass is 9.85. The molecule has 0 saturated carbocycles. The standard InChI is InChI=1S/C38H54N12O2/c1-38(2,3)31(39)24-34(44-33-18-19-42-36(45-33)48(6)23-22-47(4)5)46-37(51)43-29-15-16-30(28-13-9-8-12-27(28)29)52-26-14-17-32(40)50(25-26)35(41)49-20-10-7-11-21-49/h8-9,12-14,17-19,25,29-30,39-41H,7,10-11,15-16,20-24H2,1-6H3,(H2,42,43,44,45,46,51). The summed E-state index contributed by atoms with van der Waals surface area (Å²) in [5, 5.41) is 32.0. The van der Waals surface area contributed by atoms with E-state index in [-0.39, 0.29) is 24.1 Å². The molecule has 0 bridgehead atoms. The lowest BCUT2D eigenvalue weighted by Gasteiger charge is -2.33. The third-order valence-electron chi connectivity index (χ3n) is 9.43. The number of aliphatic imine (C=N–C) groups is 1. The zero-order chi connectivity index (χ0) is 37.4. The fourth-order valence-corrected chi connectivity index (χ4v) is 6.21. The van der Waals surface area contributed by atoms with Crippen molar-refractivity contribution in [3.05, 3.63) is 71.5 Å². The Hall–Kier alpha value is -5.11. The van der Waals surface area contributed by atoms with Gasteiger partial charge < -0.3 is 30.2 Å². The first-order chi connectivity index (χ1) is 24.8. The topological polar surface area (TPSA) is 175 Å². The Kier molecular flexibility index (Phi) is 12.4. The Balaban J connectivity index is 1.31. The summed E-state index contributed by atoms with van der Waals surface area (Å²) in [6.45, 7) is 9.10. The largest absolute Gasteiger partial charge is 0.484 e. The average molecular weight is 711 g/mol. The molecule has 3 aromatic rings. The second-order valence-corrected chi connectivity index (χ2v) is 14.9. The number of piperidine rings is 1. The molecule has 0 spiro atoms. The number of urea groups is 1. The van der Waals surface area contributed by atoms with E-state index in [9.17, 15) is 4.79 Å². The van der Waals surface area contributed by atoms with Crippen molar-refractivity contribution < 1.29 is 9.53 Å². The van der Waals surface area contributed by atoms with Crippen LogP contribution in [-0.2, 0) is 0 Å². The number of amidine groups is 1. The maximum Gasteiger partial charge on any atom is 0.320 e. The van der Waals surface area contributed by atoms with E-state index in [1.165, 1.54) is 6.42 Å². The number of aromatic nitrogens is 3. The van der Waals surface area contributed by atoms with Crippen molar-refractivity contribution in [2.75, 3.05) is 52.2 Å². The van der Waals surface area contributed by atoms with E-state index in [0.717, 1.165) is 50.1 Å². The minimum Gasteiger partial charge on any atom is -0.484 e. The molecule has 1 aromatic carbocycles. The van der Waals surface area contributed by atoms with Crippen LogP contribution in [0.15, 0.2) is 59.9 Å². The minimum absolute atomic E-state index is 0.149. The maximum atomic E-state index is 13.6. The van der Waals surface area contributed by atoms with Crippen molar-refractivity contribution in [1.29, 1.82) is 16.2 Å². The molecule has 14 nitrogen and oxygen atoms in total. The number of pyridine rings is 1. The van der Waals surface area contributed by atoms with Crippen molar-refractivity contribution in [1.82, 2.24) is 35.0 Å². The van der Waals surface area contributed by atoms with Crippen LogP contribution in [0.1, 0.15) is 82.6 Å². The van der Waals surface area contributed by atoms with Crippen LogP contribution in [0.2, 0.25) is 0 Å². The number of benzene rings is 1. The fraction of sp³-hybridized carbons (Fsp3) is 0.500. The minimum atomic E-state index is -0.416. The first kappa shape index (κ1) is 38.1. The summed E-state index contributed by atoms with van der Waals surface area (Å²) in [6.07, 6.45) is 7.81. The van der Waals surface area contributed by atoms with E-state index in [2.05, 4.69) is 25.5 Å². The number of likely N-dealkylation sites (tertiary alicyclic amines) is 1. The van der Waals surface area contributed by atoms with Crippen LogP contribution < -0.4 is 25.8 Å². The van der Waals surface area contributed by atoms with Crippen LogP contribution in [0.25, 0.3) is 0 Å². The SMILES string of the molecule is CN(C)CCN(C)c1nccc(N=C(CC(=N)C(C)(C)C)NC(=O)NC2CCC(Oc3ccc(=N)n(C(=N)N4CCCCC4)c3)c3ccccc32)n1.